The van der Waals surface area contributed by atoms with Gasteiger partial charge < -0.3 is 78.8 Å². The first-order valence-electron chi connectivity index (χ1n) is 13.0. The Kier molecular flexibility index (Phi) is 8.87. The molecule has 240 valence electrons. The van der Waals surface area contributed by atoms with Crippen molar-refractivity contribution in [3.63, 3.8) is 0 Å². The van der Waals surface area contributed by atoms with Gasteiger partial charge in [0, 0.05) is 31.9 Å². The standard InChI is InChI=1S/C27H30O17/c1-38-24-18(34)16(32)20(36)26(43-24)40-9-6-12(30)14-13(7-9)41-22(8-3-4-10(28)11(29)5-8)23(15(14)31)42-27-21(37)17(33)19(35)25(39-2)44-27/h3-7,16-21,24-30,32-37H,1-2H3/t16-,17-,18-,19-,20+,21+,24-,25-,26+,27+/m0/s1. The molecule has 2 aliphatic heterocycles. The molecule has 0 amide bonds. The van der Waals surface area contributed by atoms with Crippen LogP contribution >= 0.6 is 0 Å². The fourth-order valence-electron chi connectivity index (χ4n) is 4.76. The van der Waals surface area contributed by atoms with Gasteiger partial charge in [-0.1, -0.05) is 0 Å². The number of hydrogen-bond donors (Lipinski definition) is 9. The molecule has 44 heavy (non-hydrogen) atoms. The summed E-state index contributed by atoms with van der Waals surface area (Å²) < 4.78 is 37.7. The fourth-order valence-corrected chi connectivity index (χ4v) is 4.76. The number of fused-ring (bicyclic) bond motifs is 1. The van der Waals surface area contributed by atoms with E-state index < -0.39 is 101 Å². The number of phenolic OH excluding ortho intramolecular Hbond substituents is 3. The SMILES string of the molecule is CO[C@H]1O[C@@H](Oc2cc(O)c3c(=O)c(O[C@@H]4O[C@H](OC)[C@@H](O)[C@H](O)[C@H]4O)c(-c4ccc(O)c(O)c4)oc3c2)[C@H](O)[C@@H](O)[C@@H]1O. The summed E-state index contributed by atoms with van der Waals surface area (Å²) in [6.45, 7) is 0. The topological polar surface area (TPSA) is 268 Å². The van der Waals surface area contributed by atoms with Gasteiger partial charge in [0.15, 0.2) is 29.8 Å². The van der Waals surface area contributed by atoms with Gasteiger partial charge in [-0.3, -0.25) is 4.79 Å². The summed E-state index contributed by atoms with van der Waals surface area (Å²) in [5, 5.41) is 91.6. The number of ether oxygens (including phenoxy) is 6. The van der Waals surface area contributed by atoms with Gasteiger partial charge >= 0.3 is 0 Å². The molecular weight excluding hydrogens is 596 g/mol. The molecule has 5 rings (SSSR count). The van der Waals surface area contributed by atoms with Crippen LogP contribution in [0.4, 0.5) is 0 Å². The van der Waals surface area contributed by atoms with Crippen LogP contribution < -0.4 is 14.9 Å². The summed E-state index contributed by atoms with van der Waals surface area (Å²) in [7, 11) is 2.33. The Labute approximate surface area is 246 Å². The summed E-state index contributed by atoms with van der Waals surface area (Å²) in [6, 6.07) is 5.41. The molecule has 2 aliphatic rings. The minimum absolute atomic E-state index is 0.0413. The van der Waals surface area contributed by atoms with Crippen molar-refractivity contribution >= 4 is 11.0 Å². The molecule has 2 fully saturated rings. The minimum atomic E-state index is -1.90. The van der Waals surface area contributed by atoms with Crippen molar-refractivity contribution in [1.82, 2.24) is 0 Å². The van der Waals surface area contributed by atoms with Crippen LogP contribution in [0.1, 0.15) is 0 Å². The van der Waals surface area contributed by atoms with E-state index in [1.165, 1.54) is 13.2 Å². The van der Waals surface area contributed by atoms with Gasteiger partial charge in [0.2, 0.25) is 23.8 Å². The van der Waals surface area contributed by atoms with Gasteiger partial charge in [0.05, 0.1) is 0 Å². The van der Waals surface area contributed by atoms with E-state index in [-0.39, 0.29) is 16.9 Å². The second kappa shape index (κ2) is 12.3. The molecule has 0 unspecified atom stereocenters. The lowest BCUT2D eigenvalue weighted by molar-refractivity contribution is -0.327. The van der Waals surface area contributed by atoms with Gasteiger partial charge in [-0.15, -0.1) is 0 Å². The molecular formula is C27H30O17. The van der Waals surface area contributed by atoms with E-state index in [1.807, 2.05) is 0 Å². The highest BCUT2D eigenvalue weighted by Gasteiger charge is 2.47. The minimum Gasteiger partial charge on any atom is -0.507 e. The molecule has 17 heteroatoms. The fraction of sp³-hybridized carbons (Fsp3) is 0.444. The van der Waals surface area contributed by atoms with E-state index >= 15 is 0 Å². The third kappa shape index (κ3) is 5.61. The maximum Gasteiger partial charge on any atom is 0.239 e. The van der Waals surface area contributed by atoms with Crippen LogP contribution in [-0.4, -0.2) is 122 Å². The zero-order valence-corrected chi connectivity index (χ0v) is 23.0. The maximum absolute atomic E-state index is 13.8. The number of rotatable bonds is 7. The first kappa shape index (κ1) is 31.7. The molecule has 1 aromatic heterocycles. The smallest absolute Gasteiger partial charge is 0.239 e. The number of phenols is 3. The molecule has 17 nitrogen and oxygen atoms in total. The summed E-state index contributed by atoms with van der Waals surface area (Å²) in [4.78, 5) is 13.8. The molecule has 2 saturated heterocycles. The average molecular weight is 627 g/mol. The Morgan fingerprint density at radius 2 is 1.18 bits per heavy atom. The summed E-state index contributed by atoms with van der Waals surface area (Å²) in [6.07, 6.45) is -16.8. The van der Waals surface area contributed by atoms with Gasteiger partial charge in [-0.2, -0.15) is 0 Å². The van der Waals surface area contributed by atoms with Crippen molar-refractivity contribution in [1.29, 1.82) is 0 Å². The van der Waals surface area contributed by atoms with Crippen LogP contribution in [0.2, 0.25) is 0 Å². The van der Waals surface area contributed by atoms with E-state index in [4.69, 9.17) is 32.8 Å². The average Bonchev–Trinajstić information content (AvgIpc) is 2.99. The predicted molar refractivity (Wildman–Crippen MR) is 142 cm³/mol. The van der Waals surface area contributed by atoms with Crippen LogP contribution in [-0.2, 0) is 18.9 Å². The molecule has 2 aromatic carbocycles. The van der Waals surface area contributed by atoms with Crippen LogP contribution in [0.25, 0.3) is 22.3 Å². The van der Waals surface area contributed by atoms with Gasteiger partial charge in [-0.05, 0) is 18.2 Å². The zero-order valence-electron chi connectivity index (χ0n) is 23.0. The first-order chi connectivity index (χ1) is 20.9. The molecule has 0 aliphatic carbocycles. The van der Waals surface area contributed by atoms with Gasteiger partial charge in [0.1, 0.15) is 59.1 Å². The van der Waals surface area contributed by atoms with E-state index in [0.29, 0.717) is 0 Å². The van der Waals surface area contributed by atoms with E-state index in [0.717, 1.165) is 31.4 Å². The Morgan fingerprint density at radius 1 is 0.636 bits per heavy atom. The number of hydrogen-bond acceptors (Lipinski definition) is 17. The third-order valence-corrected chi connectivity index (χ3v) is 7.15. The third-order valence-electron chi connectivity index (χ3n) is 7.15. The lowest BCUT2D eigenvalue weighted by Crippen LogP contribution is -2.59. The molecule has 0 spiro atoms. The Morgan fingerprint density at radius 3 is 1.73 bits per heavy atom. The molecule has 9 N–H and O–H groups in total. The van der Waals surface area contributed by atoms with Crippen LogP contribution in [0.15, 0.2) is 39.5 Å². The van der Waals surface area contributed by atoms with Crippen molar-refractivity contribution in [2.45, 2.75) is 61.8 Å². The molecule has 10 atom stereocenters. The van der Waals surface area contributed by atoms with E-state index in [2.05, 4.69) is 0 Å². The molecule has 3 heterocycles. The van der Waals surface area contributed by atoms with E-state index in [1.54, 1.807) is 0 Å². The quantitative estimate of drug-likeness (QED) is 0.130. The van der Waals surface area contributed by atoms with Gasteiger partial charge in [0.25, 0.3) is 0 Å². The van der Waals surface area contributed by atoms with Crippen LogP contribution in [0.3, 0.4) is 0 Å². The number of benzene rings is 2. The lowest BCUT2D eigenvalue weighted by atomic mass is 10.0. The molecule has 0 radical (unpaired) electrons. The number of aliphatic hydroxyl groups excluding tert-OH is 6. The summed E-state index contributed by atoms with van der Waals surface area (Å²) in [5.74, 6) is -3.17. The van der Waals surface area contributed by atoms with Crippen molar-refractivity contribution in [2.24, 2.45) is 0 Å². The maximum atomic E-state index is 13.8. The Bertz CT molecular complexity index is 1550. The number of aliphatic hydroxyl groups is 6. The monoisotopic (exact) mass is 626 g/mol. The second-order valence-corrected chi connectivity index (χ2v) is 10.0. The van der Waals surface area contributed by atoms with Crippen molar-refractivity contribution in [3.8, 4) is 40.1 Å². The Balaban J connectivity index is 1.60. The van der Waals surface area contributed by atoms with Gasteiger partial charge in [-0.25, -0.2) is 0 Å². The highest BCUT2D eigenvalue weighted by molar-refractivity contribution is 5.88. The molecule has 0 saturated carbocycles. The number of aromatic hydroxyl groups is 3. The molecule has 0 bridgehead atoms. The highest BCUT2D eigenvalue weighted by atomic mass is 16.8. The van der Waals surface area contributed by atoms with Crippen molar-refractivity contribution < 1.29 is 78.8 Å². The second-order valence-electron chi connectivity index (χ2n) is 10.0. The lowest BCUT2D eigenvalue weighted by Gasteiger charge is -2.39. The van der Waals surface area contributed by atoms with E-state index in [9.17, 15) is 50.8 Å². The van der Waals surface area contributed by atoms with Crippen molar-refractivity contribution in [2.75, 3.05) is 14.2 Å². The largest absolute Gasteiger partial charge is 0.507 e. The zero-order chi connectivity index (χ0) is 32.0. The number of methoxy groups -OCH3 is 2. The van der Waals surface area contributed by atoms with Crippen LogP contribution in [0, 0.1) is 0 Å². The van der Waals surface area contributed by atoms with Crippen molar-refractivity contribution in [3.05, 3.63) is 40.6 Å². The predicted octanol–water partition coefficient (Wildman–Crippen LogP) is -1.84. The normalized spacial score (nSPS) is 32.5. The Hall–Kier alpha value is -3.75. The van der Waals surface area contributed by atoms with Crippen LogP contribution in [0.5, 0.6) is 28.7 Å². The molecule has 3 aromatic rings. The first-order valence-corrected chi connectivity index (χ1v) is 13.0. The summed E-state index contributed by atoms with van der Waals surface area (Å²) in [5.41, 5.74) is -1.40. The highest BCUT2D eigenvalue weighted by Crippen LogP contribution is 2.40. The summed E-state index contributed by atoms with van der Waals surface area (Å²) >= 11 is 0.